The van der Waals surface area contributed by atoms with Crippen LogP contribution in [0.5, 0.6) is 0 Å². The van der Waals surface area contributed by atoms with Crippen LogP contribution in [0.25, 0.3) is 0 Å². The Bertz CT molecular complexity index is 588. The number of likely N-dealkylation sites (N-methyl/N-ethyl adjacent to an activating group) is 1. The molecular weight excluding hydrogens is 366 g/mol. The first-order valence-electron chi connectivity index (χ1n) is 11.6. The van der Waals surface area contributed by atoms with Crippen LogP contribution in [0.4, 0.5) is 0 Å². The van der Waals surface area contributed by atoms with Crippen molar-refractivity contribution >= 4 is 0 Å². The Balaban J connectivity index is 1.51. The molecule has 3 fully saturated rings. The monoisotopic (exact) mass is 407 g/mol. The molecule has 0 bridgehead atoms. The van der Waals surface area contributed by atoms with Crippen molar-refractivity contribution in [2.24, 2.45) is 17.8 Å². The van der Waals surface area contributed by atoms with Crippen molar-refractivity contribution in [1.29, 1.82) is 0 Å². The van der Waals surface area contributed by atoms with E-state index in [9.17, 15) is 5.11 Å². The number of β-amino-alcohol motifs (C(OH)–C–C–N with tert-alkyl or cyclic N) is 1. The van der Waals surface area contributed by atoms with Crippen LogP contribution in [-0.2, 0) is 4.74 Å². The van der Waals surface area contributed by atoms with Gasteiger partial charge in [0.15, 0.2) is 0 Å². The number of fused-ring (bicyclic) bond motifs is 1. The van der Waals surface area contributed by atoms with Crippen LogP contribution in [0.1, 0.15) is 39.5 Å². The van der Waals surface area contributed by atoms with Crippen molar-refractivity contribution in [1.82, 2.24) is 26.2 Å². The van der Waals surface area contributed by atoms with Gasteiger partial charge in [0.05, 0.1) is 18.4 Å². The molecule has 4 aliphatic rings. The summed E-state index contributed by atoms with van der Waals surface area (Å²) < 4.78 is 6.28. The van der Waals surface area contributed by atoms with Crippen LogP contribution >= 0.6 is 0 Å². The second-order valence-electron chi connectivity index (χ2n) is 9.88. The fourth-order valence-electron chi connectivity index (χ4n) is 6.10. The molecule has 0 spiro atoms. The van der Waals surface area contributed by atoms with Gasteiger partial charge >= 0.3 is 0 Å². The summed E-state index contributed by atoms with van der Waals surface area (Å²) in [6, 6.07) is 0.897. The Labute approximate surface area is 176 Å². The van der Waals surface area contributed by atoms with Crippen molar-refractivity contribution in [2.75, 3.05) is 33.8 Å². The second-order valence-corrected chi connectivity index (χ2v) is 9.88. The predicted molar refractivity (Wildman–Crippen MR) is 115 cm³/mol. The summed E-state index contributed by atoms with van der Waals surface area (Å²) in [6.07, 6.45) is 7.01. The van der Waals surface area contributed by atoms with Gasteiger partial charge < -0.3 is 20.1 Å². The summed E-state index contributed by atoms with van der Waals surface area (Å²) in [5, 5.41) is 25.1. The van der Waals surface area contributed by atoms with E-state index in [1.54, 1.807) is 0 Å². The highest BCUT2D eigenvalue weighted by molar-refractivity contribution is 5.18. The van der Waals surface area contributed by atoms with E-state index in [-0.39, 0.29) is 12.4 Å². The minimum Gasteiger partial charge on any atom is -0.391 e. The third-order valence-corrected chi connectivity index (χ3v) is 7.60. The third-order valence-electron chi connectivity index (χ3n) is 7.60. The lowest BCUT2D eigenvalue weighted by Gasteiger charge is -2.47. The molecular formula is C22H41N5O2. The quantitative estimate of drug-likeness (QED) is 0.433. The van der Waals surface area contributed by atoms with Gasteiger partial charge in [0, 0.05) is 37.7 Å². The number of nitrogens with zero attached hydrogens (tertiary/aromatic N) is 1. The van der Waals surface area contributed by atoms with Crippen LogP contribution < -0.4 is 21.3 Å². The standard InChI is InChI=1S/C22H41N5O2/c1-13-9-19(23-3)26-22(24-13)25-18-11-16-6-8-29-21(16)20(14(18)2)15-5-7-27(4)12-17(28)10-15/h5,13-14,16-26,28H,6-12H2,1-4H3/t13?,14?,16?,17-,18?,19?,20?,21?,22?/m0/s1. The van der Waals surface area contributed by atoms with Gasteiger partial charge in [-0.1, -0.05) is 18.6 Å². The normalized spacial score (nSPS) is 46.8. The van der Waals surface area contributed by atoms with Gasteiger partial charge in [0.2, 0.25) is 0 Å². The minimum atomic E-state index is -0.284. The van der Waals surface area contributed by atoms with Crippen LogP contribution in [0.2, 0.25) is 0 Å². The van der Waals surface area contributed by atoms with E-state index < -0.39 is 0 Å². The van der Waals surface area contributed by atoms with E-state index in [0.29, 0.717) is 42.1 Å². The molecule has 0 amide bonds. The number of hydrogen-bond donors (Lipinski definition) is 5. The predicted octanol–water partition coefficient (Wildman–Crippen LogP) is 0.429. The van der Waals surface area contributed by atoms with Crippen LogP contribution in [0.3, 0.4) is 0 Å². The number of nitrogens with one attached hydrogen (secondary N) is 4. The van der Waals surface area contributed by atoms with Gasteiger partial charge in [0.1, 0.15) is 6.29 Å². The lowest BCUT2D eigenvalue weighted by molar-refractivity contribution is -0.0114. The maximum atomic E-state index is 10.5. The van der Waals surface area contributed by atoms with Crippen molar-refractivity contribution < 1.29 is 9.84 Å². The first-order chi connectivity index (χ1) is 13.9. The molecule has 0 radical (unpaired) electrons. The summed E-state index contributed by atoms with van der Waals surface area (Å²) >= 11 is 0. The Hall–Kier alpha value is -0.540. The molecule has 3 heterocycles. The summed E-state index contributed by atoms with van der Waals surface area (Å²) in [5.74, 6) is 1.45. The van der Waals surface area contributed by atoms with Gasteiger partial charge in [-0.3, -0.25) is 16.0 Å². The first kappa shape index (κ1) is 21.7. The molecule has 9 atom stereocenters. The Morgan fingerprint density at radius 1 is 1.24 bits per heavy atom. The summed E-state index contributed by atoms with van der Waals surface area (Å²) in [6.45, 7) is 7.17. The topological polar surface area (TPSA) is 80.8 Å². The molecule has 7 heteroatoms. The van der Waals surface area contributed by atoms with Gasteiger partial charge in [-0.15, -0.1) is 0 Å². The molecule has 5 N–H and O–H groups in total. The molecule has 3 aliphatic heterocycles. The molecule has 4 rings (SSSR count). The van der Waals surface area contributed by atoms with Gasteiger partial charge in [-0.2, -0.15) is 0 Å². The number of rotatable bonds is 4. The zero-order valence-electron chi connectivity index (χ0n) is 18.5. The van der Waals surface area contributed by atoms with E-state index in [4.69, 9.17) is 4.74 Å². The molecule has 0 aromatic carbocycles. The SMILES string of the molecule is CNC1CC(C)NC(NC2CC3CCOC3C(C3=CCN(C)C[C@@H](O)C3)C2C)N1. The van der Waals surface area contributed by atoms with E-state index >= 15 is 0 Å². The summed E-state index contributed by atoms with van der Waals surface area (Å²) in [7, 11) is 4.11. The number of aliphatic hydroxyl groups excluding tert-OH is 1. The molecule has 7 nitrogen and oxygen atoms in total. The summed E-state index contributed by atoms with van der Waals surface area (Å²) in [4.78, 5) is 2.21. The lowest BCUT2D eigenvalue weighted by atomic mass is 9.66. The van der Waals surface area contributed by atoms with Crippen molar-refractivity contribution in [3.05, 3.63) is 11.6 Å². The largest absolute Gasteiger partial charge is 0.391 e. The number of aliphatic hydroxyl groups is 1. The van der Waals surface area contributed by atoms with Crippen LogP contribution in [-0.4, -0.2) is 80.5 Å². The van der Waals surface area contributed by atoms with Gasteiger partial charge in [-0.05, 0) is 58.5 Å². The second kappa shape index (κ2) is 9.30. The molecule has 2 saturated heterocycles. The van der Waals surface area contributed by atoms with Gasteiger partial charge in [-0.25, -0.2) is 0 Å². The highest BCUT2D eigenvalue weighted by atomic mass is 16.5. The zero-order chi connectivity index (χ0) is 20.5. The fourth-order valence-corrected chi connectivity index (χ4v) is 6.10. The minimum absolute atomic E-state index is 0.114. The fraction of sp³-hybridized carbons (Fsp3) is 0.909. The molecule has 1 aliphatic carbocycles. The number of hydrogen-bond acceptors (Lipinski definition) is 7. The maximum Gasteiger partial charge on any atom is 0.113 e. The third kappa shape index (κ3) is 4.87. The Morgan fingerprint density at radius 2 is 2.07 bits per heavy atom. The smallest absolute Gasteiger partial charge is 0.113 e. The summed E-state index contributed by atoms with van der Waals surface area (Å²) in [5.41, 5.74) is 1.41. The Kier molecular flexibility index (Phi) is 6.96. The van der Waals surface area contributed by atoms with Crippen molar-refractivity contribution in [2.45, 2.75) is 76.3 Å². The highest BCUT2D eigenvalue weighted by Crippen LogP contribution is 2.45. The van der Waals surface area contributed by atoms with E-state index in [2.05, 4.69) is 53.1 Å². The van der Waals surface area contributed by atoms with Crippen LogP contribution in [0.15, 0.2) is 11.6 Å². The highest BCUT2D eigenvalue weighted by Gasteiger charge is 2.48. The average Bonchev–Trinajstić information content (AvgIpc) is 3.06. The molecule has 1 saturated carbocycles. The van der Waals surface area contributed by atoms with E-state index in [1.165, 1.54) is 5.57 Å². The molecule has 166 valence electrons. The first-order valence-corrected chi connectivity index (χ1v) is 11.6. The molecule has 0 aromatic rings. The van der Waals surface area contributed by atoms with Crippen molar-refractivity contribution in [3.8, 4) is 0 Å². The average molecular weight is 408 g/mol. The number of ether oxygens (including phenoxy) is 1. The van der Waals surface area contributed by atoms with Crippen LogP contribution in [0, 0.1) is 17.8 Å². The zero-order valence-corrected chi connectivity index (χ0v) is 18.5. The molecule has 29 heavy (non-hydrogen) atoms. The molecule has 0 aromatic heterocycles. The maximum absolute atomic E-state index is 10.5. The Morgan fingerprint density at radius 3 is 2.86 bits per heavy atom. The molecule has 8 unspecified atom stereocenters. The lowest BCUT2D eigenvalue weighted by Crippen LogP contribution is -2.69. The van der Waals surface area contributed by atoms with E-state index in [1.807, 2.05) is 7.05 Å². The van der Waals surface area contributed by atoms with Gasteiger partial charge in [0.25, 0.3) is 0 Å². The van der Waals surface area contributed by atoms with Crippen molar-refractivity contribution in [3.63, 3.8) is 0 Å². The van der Waals surface area contributed by atoms with E-state index in [0.717, 1.165) is 45.4 Å².